The molecule has 0 spiro atoms. The standard InChI is InChI=1S/C15H36O2Si2/c1-5-9-14(10-6-2)16-18-13-19-17-15(11-7-3)12-8-4/h14-15H,5-13,18-19H2,1-4H3. The first kappa shape index (κ1) is 19.4. The molecule has 0 radical (unpaired) electrons. The lowest BCUT2D eigenvalue weighted by Crippen LogP contribution is -2.20. The first-order valence-electron chi connectivity index (χ1n) is 8.51. The Bertz CT molecular complexity index is 150. The van der Waals surface area contributed by atoms with Crippen LogP contribution in [0.2, 0.25) is 5.67 Å². The largest absolute Gasteiger partial charge is 0.421 e. The molecule has 0 unspecified atom stereocenters. The molecule has 0 aliphatic carbocycles. The molecule has 0 atom stereocenters. The lowest BCUT2D eigenvalue weighted by atomic mass is 10.1. The molecule has 4 heteroatoms. The molecule has 19 heavy (non-hydrogen) atoms. The van der Waals surface area contributed by atoms with Crippen LogP contribution in [0.3, 0.4) is 0 Å². The van der Waals surface area contributed by atoms with Crippen molar-refractivity contribution in [1.29, 1.82) is 0 Å². The zero-order valence-corrected chi connectivity index (χ0v) is 16.6. The van der Waals surface area contributed by atoms with E-state index < -0.39 is 0 Å². The minimum atomic E-state index is -0.311. The number of rotatable bonds is 14. The van der Waals surface area contributed by atoms with E-state index in [1.54, 1.807) is 0 Å². The van der Waals surface area contributed by atoms with E-state index in [2.05, 4.69) is 27.7 Å². The van der Waals surface area contributed by atoms with Gasteiger partial charge in [-0.25, -0.2) is 0 Å². The predicted octanol–water partition coefficient (Wildman–Crippen LogP) is 3.50. The van der Waals surface area contributed by atoms with Crippen LogP contribution in [0.4, 0.5) is 0 Å². The second kappa shape index (κ2) is 14.8. The van der Waals surface area contributed by atoms with Gasteiger partial charge in [0.15, 0.2) is 19.5 Å². The zero-order valence-electron chi connectivity index (χ0n) is 13.7. The fraction of sp³-hybridized carbons (Fsp3) is 1.00. The summed E-state index contributed by atoms with van der Waals surface area (Å²) in [6, 6.07) is 0. The van der Waals surface area contributed by atoms with Crippen LogP contribution in [0.25, 0.3) is 0 Å². The molecule has 0 aliphatic heterocycles. The highest BCUT2D eigenvalue weighted by atomic mass is 28.3. The minimum Gasteiger partial charge on any atom is -0.421 e. The Kier molecular flexibility index (Phi) is 15.0. The van der Waals surface area contributed by atoms with Crippen LogP contribution in [0.5, 0.6) is 0 Å². The van der Waals surface area contributed by atoms with Crippen LogP contribution in [-0.2, 0) is 8.85 Å². The van der Waals surface area contributed by atoms with Crippen molar-refractivity contribution in [2.45, 2.75) is 96.9 Å². The third-order valence-electron chi connectivity index (χ3n) is 3.44. The van der Waals surface area contributed by atoms with Crippen LogP contribution in [0.15, 0.2) is 0 Å². The molecule has 0 amide bonds. The van der Waals surface area contributed by atoms with Gasteiger partial charge in [0, 0.05) is 12.2 Å². The van der Waals surface area contributed by atoms with Gasteiger partial charge in [-0.1, -0.05) is 53.4 Å². The van der Waals surface area contributed by atoms with Crippen LogP contribution < -0.4 is 0 Å². The topological polar surface area (TPSA) is 18.5 Å². The van der Waals surface area contributed by atoms with Gasteiger partial charge in [-0.2, -0.15) is 0 Å². The number of hydrogen-bond acceptors (Lipinski definition) is 2. The Morgan fingerprint density at radius 1 is 0.632 bits per heavy atom. The Morgan fingerprint density at radius 3 is 1.21 bits per heavy atom. The third kappa shape index (κ3) is 11.8. The van der Waals surface area contributed by atoms with E-state index in [4.69, 9.17) is 8.85 Å². The zero-order chi connectivity index (χ0) is 14.3. The van der Waals surface area contributed by atoms with Crippen molar-refractivity contribution in [3.8, 4) is 0 Å². The van der Waals surface area contributed by atoms with Crippen LogP contribution in [-0.4, -0.2) is 31.7 Å². The first-order chi connectivity index (χ1) is 9.28. The normalized spacial score (nSPS) is 12.9. The van der Waals surface area contributed by atoms with Crippen molar-refractivity contribution in [1.82, 2.24) is 0 Å². The Morgan fingerprint density at radius 2 is 0.947 bits per heavy atom. The first-order valence-corrected chi connectivity index (χ1v) is 11.7. The minimum absolute atomic E-state index is 0.311. The molecule has 2 nitrogen and oxygen atoms in total. The molecule has 0 saturated heterocycles. The monoisotopic (exact) mass is 304 g/mol. The van der Waals surface area contributed by atoms with Gasteiger partial charge < -0.3 is 8.85 Å². The molecule has 0 aromatic rings. The molecule has 0 N–H and O–H groups in total. The van der Waals surface area contributed by atoms with Gasteiger partial charge in [0.2, 0.25) is 0 Å². The molecular formula is C15H36O2Si2. The summed E-state index contributed by atoms with van der Waals surface area (Å²) in [7, 11) is -0.622. The van der Waals surface area contributed by atoms with Gasteiger partial charge in [-0.05, 0) is 31.4 Å². The van der Waals surface area contributed by atoms with Gasteiger partial charge in [0.1, 0.15) is 0 Å². The summed E-state index contributed by atoms with van der Waals surface area (Å²) in [5.74, 6) is 0. The van der Waals surface area contributed by atoms with E-state index in [0.29, 0.717) is 12.2 Å². The lowest BCUT2D eigenvalue weighted by Gasteiger charge is -2.18. The average Bonchev–Trinajstić information content (AvgIpc) is 2.39. The van der Waals surface area contributed by atoms with Crippen molar-refractivity contribution in [2.75, 3.05) is 0 Å². The number of hydrogen-bond donors (Lipinski definition) is 0. The Balaban J connectivity index is 3.59. The average molecular weight is 305 g/mol. The van der Waals surface area contributed by atoms with E-state index in [0.717, 1.165) is 0 Å². The Hall–Kier alpha value is 0.354. The highest BCUT2D eigenvalue weighted by Crippen LogP contribution is 2.10. The molecule has 0 aliphatic rings. The lowest BCUT2D eigenvalue weighted by molar-refractivity contribution is 0.181. The molecule has 0 saturated carbocycles. The fourth-order valence-corrected chi connectivity index (χ4v) is 5.61. The van der Waals surface area contributed by atoms with E-state index in [9.17, 15) is 0 Å². The molecule has 0 aromatic carbocycles. The quantitative estimate of drug-likeness (QED) is 0.361. The van der Waals surface area contributed by atoms with Crippen molar-refractivity contribution < 1.29 is 8.85 Å². The van der Waals surface area contributed by atoms with Crippen LogP contribution in [0, 0.1) is 0 Å². The van der Waals surface area contributed by atoms with Gasteiger partial charge in [0.05, 0.1) is 0 Å². The smallest absolute Gasteiger partial charge is 0.161 e. The third-order valence-corrected chi connectivity index (χ3v) is 7.16. The fourth-order valence-electron chi connectivity index (χ4n) is 2.47. The van der Waals surface area contributed by atoms with Gasteiger partial charge in [-0.3, -0.25) is 0 Å². The summed E-state index contributed by atoms with van der Waals surface area (Å²) >= 11 is 0. The van der Waals surface area contributed by atoms with Gasteiger partial charge in [-0.15, -0.1) is 0 Å². The molecule has 0 heterocycles. The molecule has 0 rings (SSSR count). The van der Waals surface area contributed by atoms with E-state index in [1.807, 2.05) is 0 Å². The van der Waals surface area contributed by atoms with Crippen molar-refractivity contribution in [2.24, 2.45) is 0 Å². The van der Waals surface area contributed by atoms with Crippen molar-refractivity contribution in [3.63, 3.8) is 0 Å². The van der Waals surface area contributed by atoms with Crippen molar-refractivity contribution in [3.05, 3.63) is 0 Å². The summed E-state index contributed by atoms with van der Waals surface area (Å²) in [6.45, 7) is 9.02. The highest BCUT2D eigenvalue weighted by Gasteiger charge is 2.08. The summed E-state index contributed by atoms with van der Waals surface area (Å²) in [6.07, 6.45) is 11.1. The second-order valence-electron chi connectivity index (χ2n) is 5.49. The molecular weight excluding hydrogens is 268 g/mol. The summed E-state index contributed by atoms with van der Waals surface area (Å²) in [4.78, 5) is 0. The van der Waals surface area contributed by atoms with E-state index in [1.165, 1.54) is 57.0 Å². The molecule has 116 valence electrons. The van der Waals surface area contributed by atoms with E-state index >= 15 is 0 Å². The maximum atomic E-state index is 6.12. The van der Waals surface area contributed by atoms with Gasteiger partial charge >= 0.3 is 0 Å². The van der Waals surface area contributed by atoms with Gasteiger partial charge in [0.25, 0.3) is 0 Å². The molecule has 0 bridgehead atoms. The van der Waals surface area contributed by atoms with E-state index in [-0.39, 0.29) is 19.5 Å². The van der Waals surface area contributed by atoms with Crippen LogP contribution in [0.1, 0.15) is 79.1 Å². The Labute approximate surface area is 125 Å². The molecule has 0 fully saturated rings. The SMILES string of the molecule is CCCC(CCC)O[SiH2]C[SiH2]OC(CCC)CCC. The predicted molar refractivity (Wildman–Crippen MR) is 91.3 cm³/mol. The summed E-state index contributed by atoms with van der Waals surface area (Å²) in [5, 5.41) is 0. The molecule has 0 aromatic heterocycles. The summed E-state index contributed by atoms with van der Waals surface area (Å²) in [5.41, 5.74) is 1.31. The maximum absolute atomic E-state index is 6.12. The second-order valence-corrected chi connectivity index (χ2v) is 9.81. The highest BCUT2D eigenvalue weighted by molar-refractivity contribution is 6.48. The maximum Gasteiger partial charge on any atom is 0.161 e. The van der Waals surface area contributed by atoms with Crippen LogP contribution >= 0.6 is 0 Å². The van der Waals surface area contributed by atoms with Crippen molar-refractivity contribution >= 4 is 19.5 Å². The summed E-state index contributed by atoms with van der Waals surface area (Å²) < 4.78 is 12.2.